The number of halogens is 3. The van der Waals surface area contributed by atoms with Crippen molar-refractivity contribution in [3.63, 3.8) is 0 Å². The Bertz CT molecular complexity index is 1900. The second-order valence-corrected chi connectivity index (χ2v) is 12.4. The number of carbonyl (C=O) groups is 2. The lowest BCUT2D eigenvalue weighted by atomic mass is 10.1. The number of nitrogens with zero attached hydrogens (tertiary/aromatic N) is 4. The largest absolute Gasteiger partial charge is 0.491 e. The highest BCUT2D eigenvalue weighted by Gasteiger charge is 2.65. The number of thiophene rings is 1. The summed E-state index contributed by atoms with van der Waals surface area (Å²) in [5, 5.41) is 26.5. The lowest BCUT2D eigenvalue weighted by Crippen LogP contribution is -2.60. The smallest absolute Gasteiger partial charge is 0.393 e. The summed E-state index contributed by atoms with van der Waals surface area (Å²) in [7, 11) is 2.97. The molecule has 252 valence electrons. The van der Waals surface area contributed by atoms with Crippen LogP contribution in [0.15, 0.2) is 48.6 Å². The number of fused-ring (bicyclic) bond motifs is 2. The van der Waals surface area contributed by atoms with Crippen molar-refractivity contribution >= 4 is 39.3 Å². The molecule has 1 aromatic carbocycles. The van der Waals surface area contributed by atoms with Gasteiger partial charge in [-0.1, -0.05) is 24.3 Å². The zero-order valence-corrected chi connectivity index (χ0v) is 26.6. The van der Waals surface area contributed by atoms with E-state index >= 15 is 0 Å². The van der Waals surface area contributed by atoms with Crippen molar-refractivity contribution in [1.82, 2.24) is 25.5 Å². The Morgan fingerprint density at radius 1 is 1.02 bits per heavy atom. The molecule has 0 saturated heterocycles. The number of alkyl halides is 3. The number of rotatable bonds is 9. The van der Waals surface area contributed by atoms with Gasteiger partial charge in [0.15, 0.2) is 5.75 Å². The summed E-state index contributed by atoms with van der Waals surface area (Å²) >= 11 is 0.845. The third-order valence-electron chi connectivity index (χ3n) is 7.82. The molecule has 0 amide bonds. The van der Waals surface area contributed by atoms with Crippen LogP contribution in [-0.4, -0.2) is 75.2 Å². The first kappa shape index (κ1) is 33.0. The number of aromatic nitrogens is 4. The molecule has 4 aromatic rings. The van der Waals surface area contributed by atoms with Gasteiger partial charge in [-0.15, -0.1) is 21.5 Å². The molecule has 1 aliphatic carbocycles. The number of hydrogen-bond acceptors (Lipinski definition) is 14. The predicted molar refractivity (Wildman–Crippen MR) is 165 cm³/mol. The normalized spacial score (nSPS) is 23.1. The molecule has 17 heteroatoms. The number of nitrogens with one attached hydrogen (secondary N) is 2. The van der Waals surface area contributed by atoms with Gasteiger partial charge in [-0.05, 0) is 18.6 Å². The van der Waals surface area contributed by atoms with Crippen LogP contribution < -0.4 is 20.1 Å². The van der Waals surface area contributed by atoms with Crippen molar-refractivity contribution in [2.24, 2.45) is 0 Å². The number of hydrogen-bond donors (Lipinski definition) is 3. The molecule has 0 radical (unpaired) electrons. The van der Waals surface area contributed by atoms with Gasteiger partial charge in [-0.25, -0.2) is 19.6 Å². The first-order valence-electron chi connectivity index (χ1n) is 14.6. The maximum Gasteiger partial charge on any atom is 0.393 e. The monoisotopic (exact) mass is 686 g/mol. The summed E-state index contributed by atoms with van der Waals surface area (Å²) in [6, 6.07) is 9.83. The molecule has 3 N–H and O–H groups in total. The van der Waals surface area contributed by atoms with Crippen LogP contribution in [0.3, 0.4) is 0 Å². The van der Waals surface area contributed by atoms with Gasteiger partial charge in [0.2, 0.25) is 0 Å². The Morgan fingerprint density at radius 2 is 1.75 bits per heavy atom. The number of aliphatic hydroxyl groups is 1. The van der Waals surface area contributed by atoms with E-state index in [0.29, 0.717) is 18.0 Å². The molecule has 4 heterocycles. The first-order chi connectivity index (χ1) is 22.8. The minimum absolute atomic E-state index is 0.00324. The highest BCUT2D eigenvalue weighted by Crippen LogP contribution is 2.46. The minimum Gasteiger partial charge on any atom is -0.491 e. The van der Waals surface area contributed by atoms with Gasteiger partial charge in [0, 0.05) is 54.1 Å². The Balaban J connectivity index is 1.26. The number of benzene rings is 1. The first-order valence-corrected chi connectivity index (χ1v) is 15.4. The van der Waals surface area contributed by atoms with E-state index in [-0.39, 0.29) is 45.5 Å². The molecule has 3 aromatic heterocycles. The van der Waals surface area contributed by atoms with Crippen LogP contribution in [0, 0.1) is 6.92 Å². The maximum absolute atomic E-state index is 13.2. The van der Waals surface area contributed by atoms with E-state index in [1.54, 1.807) is 13.0 Å². The third-order valence-corrected chi connectivity index (χ3v) is 8.85. The van der Waals surface area contributed by atoms with E-state index in [1.807, 2.05) is 24.3 Å². The molecule has 1 saturated carbocycles. The molecule has 2 aliphatic rings. The van der Waals surface area contributed by atoms with E-state index in [4.69, 9.17) is 18.9 Å². The fraction of sp³-hybridized carbons (Fsp3) is 0.355. The van der Waals surface area contributed by atoms with Gasteiger partial charge >= 0.3 is 18.1 Å². The van der Waals surface area contributed by atoms with Gasteiger partial charge in [-0.3, -0.25) is 0 Å². The molecule has 0 spiro atoms. The molecule has 13 nitrogen and oxygen atoms in total. The molecule has 0 unspecified atom stereocenters. The topological polar surface area (TPSA) is 167 Å². The van der Waals surface area contributed by atoms with Crippen LogP contribution >= 0.6 is 11.3 Å². The van der Waals surface area contributed by atoms with Crippen molar-refractivity contribution in [3.8, 4) is 22.9 Å². The summed E-state index contributed by atoms with van der Waals surface area (Å²) in [4.78, 5) is 34.2. The van der Waals surface area contributed by atoms with Crippen LogP contribution in [0.5, 0.6) is 11.6 Å². The average Bonchev–Trinajstić information content (AvgIpc) is 3.53. The number of methoxy groups -OCH3 is 2. The summed E-state index contributed by atoms with van der Waals surface area (Å²) in [6.07, 6.45) is -4.24. The van der Waals surface area contributed by atoms with Crippen LogP contribution in [0.1, 0.15) is 29.1 Å². The predicted octanol–water partition coefficient (Wildman–Crippen LogP) is 3.98. The Kier molecular flexibility index (Phi) is 8.69. The van der Waals surface area contributed by atoms with E-state index in [9.17, 15) is 27.9 Å². The third kappa shape index (κ3) is 6.74. The summed E-state index contributed by atoms with van der Waals surface area (Å²) in [6.45, 7) is 1.85. The second kappa shape index (κ2) is 12.6. The molecule has 6 rings (SSSR count). The van der Waals surface area contributed by atoms with E-state index in [2.05, 4.69) is 30.8 Å². The Labute approximate surface area is 275 Å². The Morgan fingerprint density at radius 3 is 2.44 bits per heavy atom. The SMILES string of the molecule is COc1cc(-c2ccc(CN[C@H]3C[C@@]4(O)OC(=O)/C=C/C(=O)O[C@@]4(Nc4nc(C)nc5sc(CC(F)(F)F)cc45)C3)cc2)nnc1OC. The highest BCUT2D eigenvalue weighted by molar-refractivity contribution is 7.18. The lowest BCUT2D eigenvalue weighted by molar-refractivity contribution is -0.268. The van der Waals surface area contributed by atoms with Crippen LogP contribution in [0.2, 0.25) is 0 Å². The molecule has 48 heavy (non-hydrogen) atoms. The Hall–Kier alpha value is -4.87. The number of esters is 2. The van der Waals surface area contributed by atoms with Gasteiger partial charge in [0.25, 0.3) is 17.4 Å². The van der Waals surface area contributed by atoms with E-state index in [0.717, 1.165) is 34.6 Å². The molecular formula is C31H29F3N6O7S. The summed E-state index contributed by atoms with van der Waals surface area (Å²) in [5.41, 5.74) is 0.119. The zero-order chi connectivity index (χ0) is 34.3. The van der Waals surface area contributed by atoms with Crippen LogP contribution in [-0.2, 0) is 32.0 Å². The van der Waals surface area contributed by atoms with Crippen molar-refractivity contribution in [2.75, 3.05) is 19.5 Å². The number of carbonyl (C=O) groups excluding carboxylic acids is 2. The van der Waals surface area contributed by atoms with Gasteiger partial charge in [0.05, 0.1) is 31.7 Å². The van der Waals surface area contributed by atoms with Crippen molar-refractivity contribution in [1.29, 1.82) is 0 Å². The number of anilines is 1. The molecule has 0 bridgehead atoms. The quantitative estimate of drug-likeness (QED) is 0.217. The standard InChI is InChI=1S/C31H29F3N6O7S/c1-16-36-26(21-10-20(14-31(32,33)34)48-28(21)37-16)38-29-12-19(13-30(29,43)47-25(42)9-8-24(41)46-29)35-15-17-4-6-18(7-5-17)22-11-23(44-2)27(45-3)40-39-22/h4-11,19,35,43H,12-15H2,1-3H3,(H,36,37,38)/b9-8+/t19-,29+,30-/m1/s1. The van der Waals surface area contributed by atoms with Crippen molar-refractivity contribution in [3.05, 3.63) is 64.8 Å². The molecule has 1 fully saturated rings. The zero-order valence-electron chi connectivity index (χ0n) is 25.8. The van der Waals surface area contributed by atoms with Crippen molar-refractivity contribution < 1.29 is 46.8 Å². The van der Waals surface area contributed by atoms with E-state index < -0.39 is 42.1 Å². The second-order valence-electron chi connectivity index (χ2n) is 11.2. The number of ether oxygens (including phenoxy) is 4. The molecule has 3 atom stereocenters. The fourth-order valence-electron chi connectivity index (χ4n) is 5.68. The van der Waals surface area contributed by atoms with Gasteiger partial charge < -0.3 is 34.7 Å². The van der Waals surface area contributed by atoms with Crippen LogP contribution in [0.4, 0.5) is 19.0 Å². The summed E-state index contributed by atoms with van der Waals surface area (Å²) in [5.74, 6) is -3.42. The van der Waals surface area contributed by atoms with E-state index in [1.165, 1.54) is 20.3 Å². The lowest BCUT2D eigenvalue weighted by Gasteiger charge is -2.41. The van der Waals surface area contributed by atoms with Gasteiger partial charge in [-0.2, -0.15) is 13.2 Å². The molecular weight excluding hydrogens is 657 g/mol. The highest BCUT2D eigenvalue weighted by atomic mass is 32.1. The molecule has 1 aliphatic heterocycles. The van der Waals surface area contributed by atoms with Crippen molar-refractivity contribution in [2.45, 2.75) is 56.5 Å². The van der Waals surface area contributed by atoms with Gasteiger partial charge in [0.1, 0.15) is 16.5 Å². The fourth-order valence-corrected chi connectivity index (χ4v) is 6.78. The maximum atomic E-state index is 13.2. The average molecular weight is 687 g/mol. The summed E-state index contributed by atoms with van der Waals surface area (Å²) < 4.78 is 61.2. The number of aryl methyl sites for hydroxylation is 1. The van der Waals surface area contributed by atoms with Crippen LogP contribution in [0.25, 0.3) is 21.5 Å². The minimum atomic E-state index is -4.45.